The molecule has 0 spiro atoms. The van der Waals surface area contributed by atoms with Crippen LogP contribution in [0.25, 0.3) is 0 Å². The first-order valence-corrected chi connectivity index (χ1v) is 9.13. The van der Waals surface area contributed by atoms with E-state index >= 15 is 0 Å². The molecule has 1 aromatic carbocycles. The van der Waals surface area contributed by atoms with Crippen LogP contribution in [0.5, 0.6) is 5.75 Å². The van der Waals surface area contributed by atoms with E-state index in [1.165, 1.54) is 0 Å². The number of aromatic amines is 1. The molecule has 27 heavy (non-hydrogen) atoms. The topological polar surface area (TPSA) is 98.7 Å². The number of nitrogens with zero attached hydrogens (tertiary/aromatic N) is 2. The summed E-state index contributed by atoms with van der Waals surface area (Å²) in [6.07, 6.45) is -0.226. The number of aliphatic carboxylic acids is 1. The van der Waals surface area contributed by atoms with Crippen LogP contribution >= 0.6 is 0 Å². The van der Waals surface area contributed by atoms with Crippen LogP contribution in [0.15, 0.2) is 24.3 Å². The Kier molecular flexibility index (Phi) is 5.53. The van der Waals surface area contributed by atoms with Crippen molar-refractivity contribution in [1.29, 1.82) is 0 Å². The van der Waals surface area contributed by atoms with Crippen LogP contribution in [0.4, 0.5) is 0 Å². The summed E-state index contributed by atoms with van der Waals surface area (Å²) < 4.78 is 5.25. The number of nitrogens with one attached hydrogen (secondary N) is 1. The molecule has 1 saturated heterocycles. The third kappa shape index (κ3) is 3.84. The fraction of sp³-hybridized carbons (Fsp3) is 0.500. The van der Waals surface area contributed by atoms with Crippen LogP contribution in [0.2, 0.25) is 0 Å². The Hall–Kier alpha value is -2.38. The molecular formula is C20H27N3O4. The summed E-state index contributed by atoms with van der Waals surface area (Å²) >= 11 is 0. The standard InChI is InChI=1S/C20H27N3O4/c1-13-17(14(2)22-21-13)11-23-8-7-18(24)20(12-23,19(25)26)10-15-5-4-6-16(9-15)27-3/h4-6,9,18,24H,7-8,10-12H2,1-3H3,(H,21,22)(H,25,26)/t18-,20+/m0/s1. The molecule has 2 atom stereocenters. The molecule has 3 N–H and O–H groups in total. The van der Waals surface area contributed by atoms with Gasteiger partial charge in [0.1, 0.15) is 11.2 Å². The molecule has 3 rings (SSSR count). The van der Waals surface area contributed by atoms with E-state index in [1.807, 2.05) is 38.1 Å². The monoisotopic (exact) mass is 373 g/mol. The number of benzene rings is 1. The highest BCUT2D eigenvalue weighted by Gasteiger charge is 2.49. The lowest BCUT2D eigenvalue weighted by Crippen LogP contribution is -2.56. The van der Waals surface area contributed by atoms with Gasteiger partial charge in [-0.05, 0) is 44.4 Å². The predicted molar refractivity (Wildman–Crippen MR) is 101 cm³/mol. The van der Waals surface area contributed by atoms with Gasteiger partial charge in [0.2, 0.25) is 0 Å². The number of methoxy groups -OCH3 is 1. The minimum absolute atomic E-state index is 0.251. The molecule has 2 aromatic rings. The van der Waals surface area contributed by atoms with E-state index in [0.717, 1.165) is 22.5 Å². The van der Waals surface area contributed by atoms with Crippen molar-refractivity contribution in [3.05, 3.63) is 46.8 Å². The smallest absolute Gasteiger partial charge is 0.313 e. The van der Waals surface area contributed by atoms with Gasteiger partial charge >= 0.3 is 5.97 Å². The summed E-state index contributed by atoms with van der Waals surface area (Å²) in [5, 5.41) is 27.9. The number of aliphatic hydroxyl groups excluding tert-OH is 1. The normalized spacial score (nSPS) is 23.3. The minimum Gasteiger partial charge on any atom is -0.497 e. The van der Waals surface area contributed by atoms with Crippen LogP contribution in [0, 0.1) is 19.3 Å². The van der Waals surface area contributed by atoms with Gasteiger partial charge in [0.25, 0.3) is 0 Å². The van der Waals surface area contributed by atoms with Crippen molar-refractivity contribution >= 4 is 5.97 Å². The van der Waals surface area contributed by atoms with Gasteiger partial charge in [-0.1, -0.05) is 12.1 Å². The van der Waals surface area contributed by atoms with E-state index in [0.29, 0.717) is 25.3 Å². The van der Waals surface area contributed by atoms with Crippen molar-refractivity contribution in [2.45, 2.75) is 39.3 Å². The van der Waals surface area contributed by atoms with E-state index in [4.69, 9.17) is 4.74 Å². The Morgan fingerprint density at radius 2 is 2.22 bits per heavy atom. The molecule has 7 nitrogen and oxygen atoms in total. The molecule has 0 aliphatic carbocycles. The summed E-state index contributed by atoms with van der Waals surface area (Å²) in [7, 11) is 1.58. The summed E-state index contributed by atoms with van der Waals surface area (Å²) in [6.45, 7) is 5.46. The Labute approximate surface area is 159 Å². The zero-order valence-electron chi connectivity index (χ0n) is 16.0. The number of aromatic nitrogens is 2. The number of aryl methyl sites for hydroxylation is 2. The Morgan fingerprint density at radius 1 is 1.44 bits per heavy atom. The maximum absolute atomic E-state index is 12.3. The van der Waals surface area contributed by atoms with Crippen molar-refractivity contribution in [2.75, 3.05) is 20.2 Å². The van der Waals surface area contributed by atoms with E-state index < -0.39 is 17.5 Å². The quantitative estimate of drug-likeness (QED) is 0.715. The first-order chi connectivity index (χ1) is 12.9. The van der Waals surface area contributed by atoms with E-state index in [9.17, 15) is 15.0 Å². The number of hydrogen-bond donors (Lipinski definition) is 3. The second-order valence-electron chi connectivity index (χ2n) is 7.42. The number of carbonyl (C=O) groups is 1. The lowest BCUT2D eigenvalue weighted by Gasteiger charge is -2.43. The van der Waals surface area contributed by atoms with Gasteiger partial charge in [0, 0.05) is 30.9 Å². The maximum Gasteiger partial charge on any atom is 0.313 e. The minimum atomic E-state index is -1.25. The molecule has 7 heteroatoms. The Bertz CT molecular complexity index is 800. The fourth-order valence-corrected chi connectivity index (χ4v) is 3.94. The highest BCUT2D eigenvalue weighted by Crippen LogP contribution is 2.36. The number of carboxylic acid groups (broad SMARTS) is 1. The lowest BCUT2D eigenvalue weighted by atomic mass is 9.72. The zero-order valence-corrected chi connectivity index (χ0v) is 16.0. The number of rotatable bonds is 6. The third-order valence-electron chi connectivity index (χ3n) is 5.60. The molecule has 0 bridgehead atoms. The number of hydrogen-bond acceptors (Lipinski definition) is 5. The van der Waals surface area contributed by atoms with E-state index in [-0.39, 0.29) is 13.0 Å². The molecule has 1 aliphatic heterocycles. The third-order valence-corrected chi connectivity index (χ3v) is 5.60. The molecule has 0 radical (unpaired) electrons. The summed E-state index contributed by atoms with van der Waals surface area (Å²) in [5.41, 5.74) is 2.59. The first kappa shape index (κ1) is 19.4. The van der Waals surface area contributed by atoms with Gasteiger partial charge in [0.05, 0.1) is 18.9 Å². The molecule has 0 amide bonds. The molecular weight excluding hydrogens is 346 g/mol. The molecule has 2 heterocycles. The second-order valence-corrected chi connectivity index (χ2v) is 7.42. The number of aliphatic hydroxyl groups is 1. The van der Waals surface area contributed by atoms with Crippen LogP contribution in [0.3, 0.4) is 0 Å². The fourth-order valence-electron chi connectivity index (χ4n) is 3.94. The lowest BCUT2D eigenvalue weighted by molar-refractivity contribution is -0.163. The number of likely N-dealkylation sites (tertiary alicyclic amines) is 1. The van der Waals surface area contributed by atoms with Gasteiger partial charge in [0.15, 0.2) is 0 Å². The number of carboxylic acids is 1. The summed E-state index contributed by atoms with van der Waals surface area (Å²) in [6, 6.07) is 7.38. The highest BCUT2D eigenvalue weighted by molar-refractivity contribution is 5.76. The summed E-state index contributed by atoms with van der Waals surface area (Å²) in [5.74, 6) is -0.289. The van der Waals surface area contributed by atoms with Crippen LogP contribution in [-0.4, -0.2) is 57.6 Å². The molecule has 146 valence electrons. The van der Waals surface area contributed by atoms with E-state index in [1.54, 1.807) is 7.11 Å². The van der Waals surface area contributed by atoms with Gasteiger partial charge < -0.3 is 14.9 Å². The van der Waals surface area contributed by atoms with E-state index in [2.05, 4.69) is 15.1 Å². The van der Waals surface area contributed by atoms with Crippen LogP contribution in [0.1, 0.15) is 28.9 Å². The molecule has 1 aromatic heterocycles. The first-order valence-electron chi connectivity index (χ1n) is 9.13. The number of piperidine rings is 1. The SMILES string of the molecule is COc1cccc(C[C@@]2(C(=O)O)CN(Cc3c(C)n[nH]c3C)CC[C@@H]2O)c1. The van der Waals surface area contributed by atoms with Crippen molar-refractivity contribution in [1.82, 2.24) is 15.1 Å². The van der Waals surface area contributed by atoms with Gasteiger partial charge in [-0.25, -0.2) is 0 Å². The predicted octanol–water partition coefficient (Wildman–Crippen LogP) is 1.92. The average molecular weight is 373 g/mol. The largest absolute Gasteiger partial charge is 0.497 e. The van der Waals surface area contributed by atoms with Crippen molar-refractivity contribution < 1.29 is 19.7 Å². The van der Waals surface area contributed by atoms with Gasteiger partial charge in [-0.15, -0.1) is 0 Å². The number of ether oxygens (including phenoxy) is 1. The zero-order chi connectivity index (χ0) is 19.6. The second kappa shape index (κ2) is 7.70. The van der Waals surface area contributed by atoms with Crippen molar-refractivity contribution in [3.63, 3.8) is 0 Å². The van der Waals surface area contributed by atoms with Crippen LogP contribution in [-0.2, 0) is 17.8 Å². The summed E-state index contributed by atoms with van der Waals surface area (Å²) in [4.78, 5) is 14.4. The number of H-pyrrole nitrogens is 1. The van der Waals surface area contributed by atoms with Crippen molar-refractivity contribution in [3.8, 4) is 5.75 Å². The Balaban J connectivity index is 1.86. The molecule has 1 fully saturated rings. The Morgan fingerprint density at radius 3 is 2.85 bits per heavy atom. The average Bonchev–Trinajstić information content (AvgIpc) is 2.96. The van der Waals surface area contributed by atoms with Crippen molar-refractivity contribution in [2.24, 2.45) is 5.41 Å². The molecule has 0 unspecified atom stereocenters. The molecule has 0 saturated carbocycles. The molecule has 1 aliphatic rings. The van der Waals surface area contributed by atoms with Gasteiger partial charge in [-0.3, -0.25) is 14.8 Å². The highest BCUT2D eigenvalue weighted by atomic mass is 16.5. The van der Waals surface area contributed by atoms with Gasteiger partial charge in [-0.2, -0.15) is 5.10 Å². The maximum atomic E-state index is 12.3. The van der Waals surface area contributed by atoms with Crippen LogP contribution < -0.4 is 4.74 Å².